The third-order valence-corrected chi connectivity index (χ3v) is 7.69. The van der Waals surface area contributed by atoms with E-state index in [-0.39, 0.29) is 6.42 Å². The normalized spacial score (nSPS) is 12.7. The minimum absolute atomic E-state index is 0.296. The topological polar surface area (TPSA) is 124 Å². The maximum Gasteiger partial charge on any atom is 0.328 e. The van der Waals surface area contributed by atoms with Gasteiger partial charge in [0.2, 0.25) is 4.75 Å². The predicted molar refractivity (Wildman–Crippen MR) is 143 cm³/mol. The molecule has 0 aromatic heterocycles. The zero-order valence-electron chi connectivity index (χ0n) is 23.2. The summed E-state index contributed by atoms with van der Waals surface area (Å²) in [6, 6.07) is 0. The second-order valence-electron chi connectivity index (χ2n) is 7.95. The lowest BCUT2D eigenvalue weighted by atomic mass is 9.96. The molecule has 0 bridgehead atoms. The number of aliphatic carboxylic acids is 2. The lowest BCUT2D eigenvalue weighted by Crippen LogP contribution is -2.49. The lowest BCUT2D eigenvalue weighted by Gasteiger charge is -2.26. The molecule has 0 aromatic carbocycles. The second-order valence-corrected chi connectivity index (χ2v) is 9.87. The monoisotopic (exact) mass is 524 g/mol. The molecule has 0 saturated heterocycles. The largest absolute Gasteiger partial charge is 0.481 e. The Kier molecular flexibility index (Phi) is 24.9. The highest BCUT2D eigenvalue weighted by atomic mass is 32.2. The number of carboxylic acids is 2. The maximum absolute atomic E-state index is 12.1. The fourth-order valence-corrected chi connectivity index (χ4v) is 4.67. The van der Waals surface area contributed by atoms with Crippen molar-refractivity contribution in [3.8, 4) is 0 Å². The summed E-state index contributed by atoms with van der Waals surface area (Å²) in [4.78, 5) is 27.2. The first-order valence-electron chi connectivity index (χ1n) is 12.8. The molecule has 210 valence electrons. The van der Waals surface area contributed by atoms with Crippen molar-refractivity contribution in [3.63, 3.8) is 0 Å². The molecular formula is C25H52N2O7S. The zero-order chi connectivity index (χ0) is 27.9. The highest BCUT2D eigenvalue weighted by Gasteiger charge is 2.53. The van der Waals surface area contributed by atoms with Crippen LogP contribution >= 0.6 is 0 Å². The van der Waals surface area contributed by atoms with Crippen molar-refractivity contribution in [2.45, 2.75) is 91.7 Å². The average molecular weight is 525 g/mol. The van der Waals surface area contributed by atoms with Crippen LogP contribution in [-0.2, 0) is 23.9 Å². The molecule has 2 N–H and O–H groups in total. The van der Waals surface area contributed by atoms with E-state index < -0.39 is 39.8 Å². The molecule has 0 amide bonds. The Morgan fingerprint density at radius 3 is 1.51 bits per heavy atom. The second kappa shape index (κ2) is 22.9. The Hall–Kier alpha value is -1.49. The van der Waals surface area contributed by atoms with Crippen LogP contribution in [0.2, 0.25) is 0 Å². The molecule has 0 aliphatic carbocycles. The molecule has 0 aromatic rings. The highest BCUT2D eigenvalue weighted by molar-refractivity contribution is 7.89. The van der Waals surface area contributed by atoms with Crippen LogP contribution in [0.3, 0.4) is 0 Å². The third-order valence-electron chi connectivity index (χ3n) is 5.76. The summed E-state index contributed by atoms with van der Waals surface area (Å²) in [5, 5.41) is 18.2. The van der Waals surface area contributed by atoms with Gasteiger partial charge in [-0.1, -0.05) is 80.2 Å². The predicted octanol–water partition coefficient (Wildman–Crippen LogP) is 4.48. The summed E-state index contributed by atoms with van der Waals surface area (Å²) in [5.41, 5.74) is 0. The summed E-state index contributed by atoms with van der Waals surface area (Å²) in [5.74, 6) is -3.20. The van der Waals surface area contributed by atoms with E-state index in [1.54, 1.807) is 0 Å². The Morgan fingerprint density at radius 2 is 1.26 bits per heavy atom. The van der Waals surface area contributed by atoms with Gasteiger partial charge in [-0.05, 0) is 45.7 Å². The number of carboxylic acid groups (broad SMARTS) is 2. The summed E-state index contributed by atoms with van der Waals surface area (Å²) in [7, 11) is -4.58. The van der Waals surface area contributed by atoms with Crippen molar-refractivity contribution >= 4 is 22.1 Å². The molecule has 0 fully saturated rings. The van der Waals surface area contributed by atoms with Gasteiger partial charge < -0.3 is 20.0 Å². The van der Waals surface area contributed by atoms with Crippen LogP contribution in [-0.4, -0.2) is 91.0 Å². The van der Waals surface area contributed by atoms with Gasteiger partial charge in [0.15, 0.2) is 0 Å². The van der Waals surface area contributed by atoms with Gasteiger partial charge in [-0.15, -0.1) is 6.58 Å². The number of rotatable bonds is 18. The van der Waals surface area contributed by atoms with E-state index in [0.717, 1.165) is 18.9 Å². The van der Waals surface area contributed by atoms with E-state index >= 15 is 0 Å². The quantitative estimate of drug-likeness (QED) is 0.152. The number of unbranched alkanes of at least 4 members (excludes halogenated alkanes) is 3. The Morgan fingerprint density at radius 1 is 0.829 bits per heavy atom. The van der Waals surface area contributed by atoms with Gasteiger partial charge in [-0.25, -0.2) is 0 Å². The first-order valence-corrected chi connectivity index (χ1v) is 14.2. The smallest absolute Gasteiger partial charge is 0.328 e. The number of nitrogens with zero attached hydrogens (tertiary/aromatic N) is 2. The standard InChI is InChI=1S/C13H22O7S.2C6H15N/c1-3-5-6-7-8-13(12(16)17,10-11(14)15)21(18,19)20-9-4-2;2*1-4-7(5-2)6-3/h4H,2-3,5-10H2,1H3,(H,14,15)(H,16,17);2*4-6H2,1-3H3. The Balaban J connectivity index is -0.000000594. The molecular weight excluding hydrogens is 472 g/mol. The van der Waals surface area contributed by atoms with Gasteiger partial charge in [0.25, 0.3) is 10.1 Å². The van der Waals surface area contributed by atoms with E-state index in [2.05, 4.69) is 62.1 Å². The van der Waals surface area contributed by atoms with Crippen LogP contribution in [0.25, 0.3) is 0 Å². The first kappa shape index (κ1) is 38.0. The van der Waals surface area contributed by atoms with Crippen LogP contribution < -0.4 is 0 Å². The van der Waals surface area contributed by atoms with E-state index in [1.165, 1.54) is 39.3 Å². The van der Waals surface area contributed by atoms with Crippen LogP contribution in [0.15, 0.2) is 12.7 Å². The molecule has 0 saturated carbocycles. The van der Waals surface area contributed by atoms with E-state index in [9.17, 15) is 23.1 Å². The van der Waals surface area contributed by atoms with E-state index in [0.29, 0.717) is 12.8 Å². The molecule has 0 spiro atoms. The summed E-state index contributed by atoms with van der Waals surface area (Å²) < 4.78 is 26.4. The Labute approximate surface area is 214 Å². The summed E-state index contributed by atoms with van der Waals surface area (Å²) >= 11 is 0. The van der Waals surface area contributed by atoms with Crippen LogP contribution in [0.4, 0.5) is 0 Å². The van der Waals surface area contributed by atoms with Gasteiger partial charge in [-0.3, -0.25) is 13.8 Å². The fourth-order valence-electron chi connectivity index (χ4n) is 3.26. The molecule has 0 rings (SSSR count). The minimum Gasteiger partial charge on any atom is -0.481 e. The van der Waals surface area contributed by atoms with Gasteiger partial charge in [0.1, 0.15) is 0 Å². The maximum atomic E-state index is 12.1. The SMILES string of the molecule is C=CCOS(=O)(=O)C(CCCCCC)(CC(=O)O)C(=O)O.CCN(CC)CC.CCN(CC)CC. The fraction of sp³-hybridized carbons (Fsp3) is 0.840. The molecule has 0 radical (unpaired) electrons. The van der Waals surface area contributed by atoms with Crippen molar-refractivity contribution in [1.29, 1.82) is 0 Å². The molecule has 35 heavy (non-hydrogen) atoms. The minimum atomic E-state index is -4.58. The van der Waals surface area contributed by atoms with Gasteiger partial charge in [-0.2, -0.15) is 8.42 Å². The van der Waals surface area contributed by atoms with Gasteiger partial charge in [0, 0.05) is 0 Å². The molecule has 0 heterocycles. The van der Waals surface area contributed by atoms with Crippen LogP contribution in [0.1, 0.15) is 87.0 Å². The Bertz CT molecular complexity index is 625. The summed E-state index contributed by atoms with van der Waals surface area (Å²) in [6.45, 7) is 25.1. The van der Waals surface area contributed by atoms with E-state index in [1.807, 2.05) is 6.92 Å². The zero-order valence-corrected chi connectivity index (χ0v) is 24.0. The summed E-state index contributed by atoms with van der Waals surface area (Å²) in [6.07, 6.45) is 2.45. The molecule has 0 aliphatic heterocycles. The average Bonchev–Trinajstić information content (AvgIpc) is 2.82. The molecule has 1 atom stereocenters. The number of hydrogen-bond acceptors (Lipinski definition) is 7. The highest BCUT2D eigenvalue weighted by Crippen LogP contribution is 2.31. The lowest BCUT2D eigenvalue weighted by molar-refractivity contribution is -0.147. The molecule has 10 heteroatoms. The molecule has 9 nitrogen and oxygen atoms in total. The van der Waals surface area contributed by atoms with Crippen molar-refractivity contribution in [3.05, 3.63) is 12.7 Å². The number of carbonyl (C=O) groups is 2. The van der Waals surface area contributed by atoms with Gasteiger partial charge in [0.05, 0.1) is 13.0 Å². The molecule has 0 aliphatic rings. The molecule has 1 unspecified atom stereocenters. The van der Waals surface area contributed by atoms with Crippen molar-refractivity contribution in [1.82, 2.24) is 9.80 Å². The van der Waals surface area contributed by atoms with Crippen LogP contribution in [0.5, 0.6) is 0 Å². The van der Waals surface area contributed by atoms with Crippen molar-refractivity contribution in [2.75, 3.05) is 45.9 Å². The first-order chi connectivity index (χ1) is 16.4. The van der Waals surface area contributed by atoms with Crippen molar-refractivity contribution in [2.24, 2.45) is 0 Å². The van der Waals surface area contributed by atoms with Crippen molar-refractivity contribution < 1.29 is 32.4 Å². The van der Waals surface area contributed by atoms with Crippen LogP contribution in [0, 0.1) is 0 Å². The number of hydrogen-bond donors (Lipinski definition) is 2. The van der Waals surface area contributed by atoms with E-state index in [4.69, 9.17) is 5.11 Å². The third kappa shape index (κ3) is 16.7. The van der Waals surface area contributed by atoms with Gasteiger partial charge >= 0.3 is 11.9 Å².